The van der Waals surface area contributed by atoms with Gasteiger partial charge in [-0.25, -0.2) is 4.79 Å². The van der Waals surface area contributed by atoms with E-state index in [1.54, 1.807) is 35.0 Å². The largest absolute Gasteiger partial charge is 0.439 e. The van der Waals surface area contributed by atoms with Crippen LogP contribution in [0, 0.1) is 0 Å². The van der Waals surface area contributed by atoms with Crippen LogP contribution in [0.15, 0.2) is 50.6 Å². The smallest absolute Gasteiger partial charge is 0.370 e. The zero-order valence-electron chi connectivity index (χ0n) is 14.9. The number of H-pyrrole nitrogens is 1. The second kappa shape index (κ2) is 9.15. The van der Waals surface area contributed by atoms with Gasteiger partial charge in [0, 0.05) is 19.3 Å². The van der Waals surface area contributed by atoms with E-state index in [9.17, 15) is 9.59 Å². The third-order valence-electron chi connectivity index (χ3n) is 4.58. The van der Waals surface area contributed by atoms with Crippen molar-refractivity contribution in [1.29, 1.82) is 0 Å². The molecular weight excluding hydrogens is 443 g/mol. The second-order valence-electron chi connectivity index (χ2n) is 6.31. The van der Waals surface area contributed by atoms with Crippen LogP contribution in [-0.4, -0.2) is 34.4 Å². The molecule has 4 rings (SSSR count). The van der Waals surface area contributed by atoms with E-state index in [2.05, 4.69) is 20.0 Å². The Labute approximate surface area is 181 Å². The highest BCUT2D eigenvalue weighted by Crippen LogP contribution is 2.34. The molecule has 2 unspecified atom stereocenters. The third-order valence-corrected chi connectivity index (χ3v) is 5.32. The fraction of sp³-hybridized carbons (Fsp3) is 0.278. The molecule has 2 atom stereocenters. The molecule has 1 saturated heterocycles. The Bertz CT molecular complexity index is 1110. The number of hydrogen-bond acceptors (Lipinski definition) is 6. The van der Waals surface area contributed by atoms with E-state index in [-0.39, 0.29) is 35.4 Å². The number of rotatable bonds is 3. The molecule has 11 heteroatoms. The normalized spacial score (nSPS) is 19.4. The number of halogens is 3. The van der Waals surface area contributed by atoms with Gasteiger partial charge in [-0.15, -0.1) is 12.4 Å². The number of ether oxygens (including phenoxy) is 1. The average molecular weight is 460 g/mol. The minimum atomic E-state index is -0.724. The summed E-state index contributed by atoms with van der Waals surface area (Å²) in [6.45, 7) is 1.63. The van der Waals surface area contributed by atoms with Gasteiger partial charge in [-0.3, -0.25) is 14.3 Å². The highest BCUT2D eigenvalue weighted by atomic mass is 35.5. The molecule has 2 aromatic heterocycles. The van der Waals surface area contributed by atoms with Crippen LogP contribution in [-0.2, 0) is 4.74 Å². The Morgan fingerprint density at radius 3 is 2.72 bits per heavy atom. The summed E-state index contributed by atoms with van der Waals surface area (Å²) < 4.78 is 12.1. The van der Waals surface area contributed by atoms with E-state index in [4.69, 9.17) is 27.9 Å². The lowest BCUT2D eigenvalue weighted by Gasteiger charge is -2.27. The Hall–Kier alpha value is -2.10. The summed E-state index contributed by atoms with van der Waals surface area (Å²) in [6, 6.07) is 8.22. The van der Waals surface area contributed by atoms with Crippen molar-refractivity contribution in [2.75, 3.05) is 19.7 Å². The summed E-state index contributed by atoms with van der Waals surface area (Å²) in [5, 5.41) is 7.75. The Morgan fingerprint density at radius 2 is 2.00 bits per heavy atom. The lowest BCUT2D eigenvalue weighted by atomic mass is 10.0. The standard InChI is InChI=1S/C18H16Cl2N4O4.ClH/c19-12-4-3-10(8-13(12)20)15-14(9-21-5-7-27-15)24-6-1-2-11(17(24)25)16-22-18(26)28-23-16;/h1-4,6,8,14-15,21H,5,7,9H2,(H,22,23,26);1H. The molecule has 0 bridgehead atoms. The van der Waals surface area contributed by atoms with Crippen molar-refractivity contribution < 1.29 is 9.26 Å². The molecule has 3 heterocycles. The molecule has 29 heavy (non-hydrogen) atoms. The summed E-state index contributed by atoms with van der Waals surface area (Å²) in [4.78, 5) is 26.8. The lowest BCUT2D eigenvalue weighted by Crippen LogP contribution is -2.34. The van der Waals surface area contributed by atoms with E-state index >= 15 is 0 Å². The van der Waals surface area contributed by atoms with E-state index < -0.39 is 11.9 Å². The Morgan fingerprint density at radius 1 is 1.17 bits per heavy atom. The molecule has 0 saturated carbocycles. The van der Waals surface area contributed by atoms with Gasteiger partial charge >= 0.3 is 5.76 Å². The van der Waals surface area contributed by atoms with Gasteiger partial charge in [0.25, 0.3) is 5.56 Å². The SMILES string of the molecule is Cl.O=c1[nH]c(-c2cccn(C3CNCCOC3c3ccc(Cl)c(Cl)c3)c2=O)no1. The van der Waals surface area contributed by atoms with Crippen LogP contribution in [0.1, 0.15) is 17.7 Å². The minimum Gasteiger partial charge on any atom is -0.370 e. The molecule has 0 spiro atoms. The average Bonchev–Trinajstić information content (AvgIpc) is 2.97. The van der Waals surface area contributed by atoms with Crippen LogP contribution < -0.4 is 16.6 Å². The predicted molar refractivity (Wildman–Crippen MR) is 111 cm³/mol. The van der Waals surface area contributed by atoms with E-state index in [1.165, 1.54) is 0 Å². The van der Waals surface area contributed by atoms with E-state index in [0.29, 0.717) is 29.7 Å². The summed E-state index contributed by atoms with van der Waals surface area (Å²) in [5.74, 6) is -0.643. The summed E-state index contributed by atoms with van der Waals surface area (Å²) in [6.07, 6.45) is 1.25. The number of nitrogens with one attached hydrogen (secondary N) is 2. The van der Waals surface area contributed by atoms with E-state index in [0.717, 1.165) is 5.56 Å². The van der Waals surface area contributed by atoms with Crippen LogP contribution in [0.2, 0.25) is 10.0 Å². The van der Waals surface area contributed by atoms with Crippen molar-refractivity contribution in [1.82, 2.24) is 20.0 Å². The quantitative estimate of drug-likeness (QED) is 0.624. The summed E-state index contributed by atoms with van der Waals surface area (Å²) in [5.41, 5.74) is 0.718. The fourth-order valence-electron chi connectivity index (χ4n) is 3.28. The predicted octanol–water partition coefficient (Wildman–Crippen LogP) is 2.82. The number of aromatic amines is 1. The van der Waals surface area contributed by atoms with Crippen LogP contribution >= 0.6 is 35.6 Å². The first-order chi connectivity index (χ1) is 13.5. The van der Waals surface area contributed by atoms with Crippen LogP contribution in [0.25, 0.3) is 11.4 Å². The maximum absolute atomic E-state index is 13.1. The van der Waals surface area contributed by atoms with E-state index in [1.807, 2.05) is 6.07 Å². The van der Waals surface area contributed by atoms with Crippen molar-refractivity contribution in [3.05, 3.63) is 73.0 Å². The molecule has 1 aliphatic heterocycles. The molecule has 0 amide bonds. The second-order valence-corrected chi connectivity index (χ2v) is 7.13. The van der Waals surface area contributed by atoms with Gasteiger partial charge in [-0.2, -0.15) is 0 Å². The molecule has 1 aliphatic rings. The molecule has 0 aliphatic carbocycles. The molecule has 1 aromatic carbocycles. The number of pyridine rings is 1. The monoisotopic (exact) mass is 458 g/mol. The number of hydrogen-bond donors (Lipinski definition) is 2. The number of aromatic nitrogens is 3. The fourth-order valence-corrected chi connectivity index (χ4v) is 3.58. The van der Waals surface area contributed by atoms with Crippen molar-refractivity contribution in [3.8, 4) is 11.4 Å². The summed E-state index contributed by atoms with van der Waals surface area (Å²) in [7, 11) is 0. The summed E-state index contributed by atoms with van der Waals surface area (Å²) >= 11 is 12.2. The van der Waals surface area contributed by atoms with Crippen molar-refractivity contribution in [3.63, 3.8) is 0 Å². The van der Waals surface area contributed by atoms with Crippen LogP contribution in [0.5, 0.6) is 0 Å². The van der Waals surface area contributed by atoms with Crippen LogP contribution in [0.3, 0.4) is 0 Å². The highest BCUT2D eigenvalue weighted by molar-refractivity contribution is 6.42. The van der Waals surface area contributed by atoms with Gasteiger partial charge in [0.05, 0.1) is 28.3 Å². The van der Waals surface area contributed by atoms with Gasteiger partial charge in [0.15, 0.2) is 5.82 Å². The van der Waals surface area contributed by atoms with Gasteiger partial charge in [0.1, 0.15) is 6.10 Å². The molecule has 1 fully saturated rings. The molecule has 3 aromatic rings. The Kier molecular flexibility index (Phi) is 6.81. The molecule has 2 N–H and O–H groups in total. The first-order valence-corrected chi connectivity index (χ1v) is 9.35. The zero-order valence-corrected chi connectivity index (χ0v) is 17.3. The third kappa shape index (κ3) is 4.41. The number of benzene rings is 1. The molecule has 8 nitrogen and oxygen atoms in total. The van der Waals surface area contributed by atoms with Crippen molar-refractivity contribution >= 4 is 35.6 Å². The van der Waals surface area contributed by atoms with Gasteiger partial charge < -0.3 is 14.6 Å². The van der Waals surface area contributed by atoms with Crippen molar-refractivity contribution in [2.24, 2.45) is 0 Å². The first kappa shape index (κ1) is 21.6. The number of nitrogens with zero attached hydrogens (tertiary/aromatic N) is 2. The maximum atomic E-state index is 13.1. The minimum absolute atomic E-state index is 0. The zero-order chi connectivity index (χ0) is 19.7. The van der Waals surface area contributed by atoms with Crippen molar-refractivity contribution in [2.45, 2.75) is 12.1 Å². The molecular formula is C18H17Cl3N4O4. The molecule has 0 radical (unpaired) electrons. The first-order valence-electron chi connectivity index (χ1n) is 8.59. The molecule has 154 valence electrons. The topological polar surface area (TPSA) is 102 Å². The Balaban J connectivity index is 0.00000240. The maximum Gasteiger partial charge on any atom is 0.439 e. The highest BCUT2D eigenvalue weighted by Gasteiger charge is 2.29. The van der Waals surface area contributed by atoms with Crippen LogP contribution in [0.4, 0.5) is 0 Å². The lowest BCUT2D eigenvalue weighted by molar-refractivity contribution is 0.0336. The van der Waals surface area contributed by atoms with Gasteiger partial charge in [-0.05, 0) is 29.8 Å². The van der Waals surface area contributed by atoms with Gasteiger partial charge in [0.2, 0.25) is 0 Å². The van der Waals surface area contributed by atoms with Gasteiger partial charge in [-0.1, -0.05) is 34.4 Å².